The summed E-state index contributed by atoms with van der Waals surface area (Å²) in [7, 11) is 1.90. The molecule has 2 fully saturated rings. The molecule has 0 aliphatic carbocycles. The molecule has 0 saturated carbocycles. The number of ether oxygens (including phenoxy) is 1. The molecule has 0 radical (unpaired) electrons. The minimum absolute atomic E-state index is 0.0522. The van der Waals surface area contributed by atoms with Gasteiger partial charge in [-0.1, -0.05) is 57.2 Å². The Hall–Kier alpha value is -3.88. The van der Waals surface area contributed by atoms with E-state index in [4.69, 9.17) is 4.74 Å². The number of rotatable bonds is 6. The highest BCUT2D eigenvalue weighted by molar-refractivity contribution is 6.10. The maximum atomic E-state index is 13.5. The summed E-state index contributed by atoms with van der Waals surface area (Å²) in [4.78, 5) is 18.6. The Morgan fingerprint density at radius 3 is 2.35 bits per heavy atom. The molecule has 0 unspecified atom stereocenters. The summed E-state index contributed by atoms with van der Waals surface area (Å²) in [6, 6.07) is 18.6. The van der Waals surface area contributed by atoms with Crippen molar-refractivity contribution in [3.63, 3.8) is 0 Å². The number of nitrogens with one attached hydrogen (secondary N) is 2. The van der Waals surface area contributed by atoms with Gasteiger partial charge < -0.3 is 20.3 Å². The van der Waals surface area contributed by atoms with Gasteiger partial charge in [0.2, 0.25) is 0 Å². The van der Waals surface area contributed by atoms with Gasteiger partial charge in [-0.15, -0.1) is 0 Å². The van der Waals surface area contributed by atoms with Gasteiger partial charge in [0.15, 0.2) is 0 Å². The number of carbonyl (C=O) groups is 1. The molecular weight excluding hydrogens is 536 g/mol. The predicted octanol–water partition coefficient (Wildman–Crippen LogP) is 6.73. The van der Waals surface area contributed by atoms with Gasteiger partial charge >= 0.3 is 6.03 Å². The van der Waals surface area contributed by atoms with E-state index in [2.05, 4.69) is 88.8 Å². The van der Waals surface area contributed by atoms with E-state index < -0.39 is 0 Å². The minimum atomic E-state index is -0.266. The Morgan fingerprint density at radius 1 is 0.930 bits per heavy atom. The summed E-state index contributed by atoms with van der Waals surface area (Å²) >= 11 is 0. The van der Waals surface area contributed by atoms with Crippen molar-refractivity contribution in [3.8, 4) is 11.1 Å². The first-order valence-corrected chi connectivity index (χ1v) is 15.5. The van der Waals surface area contributed by atoms with Crippen molar-refractivity contribution in [3.05, 3.63) is 72.6 Å². The number of piperidine rings is 1. The number of morpholine rings is 1. The van der Waals surface area contributed by atoms with Crippen molar-refractivity contribution in [2.75, 3.05) is 61.5 Å². The number of nitrogens with zero attached hydrogens (tertiary/aromatic N) is 4. The van der Waals surface area contributed by atoms with E-state index in [-0.39, 0.29) is 11.4 Å². The molecule has 4 aromatic rings. The van der Waals surface area contributed by atoms with Crippen molar-refractivity contribution in [1.82, 2.24) is 14.7 Å². The van der Waals surface area contributed by atoms with Crippen molar-refractivity contribution >= 4 is 33.9 Å². The van der Waals surface area contributed by atoms with Gasteiger partial charge in [-0.25, -0.2) is 4.79 Å². The van der Waals surface area contributed by atoms with Crippen LogP contribution in [0.2, 0.25) is 0 Å². The Bertz CT molecular complexity index is 1570. The Labute approximate surface area is 255 Å². The second kappa shape index (κ2) is 12.4. The van der Waals surface area contributed by atoms with Crippen LogP contribution in [0.5, 0.6) is 0 Å². The number of hydrogen-bond donors (Lipinski definition) is 2. The van der Waals surface area contributed by atoms with Crippen LogP contribution in [0.4, 0.5) is 21.9 Å². The van der Waals surface area contributed by atoms with Crippen molar-refractivity contribution in [2.24, 2.45) is 13.0 Å². The third-order valence-corrected chi connectivity index (χ3v) is 8.87. The topological polar surface area (TPSA) is 74.7 Å². The van der Waals surface area contributed by atoms with E-state index in [1.54, 1.807) is 4.68 Å². The highest BCUT2D eigenvalue weighted by atomic mass is 16.5. The molecule has 3 aromatic carbocycles. The molecule has 43 heavy (non-hydrogen) atoms. The fourth-order valence-corrected chi connectivity index (χ4v) is 6.38. The minimum Gasteiger partial charge on any atom is -0.379 e. The third-order valence-electron chi connectivity index (χ3n) is 8.87. The van der Waals surface area contributed by atoms with Gasteiger partial charge in [-0.2, -0.15) is 5.10 Å². The molecule has 0 bridgehead atoms. The first-order chi connectivity index (χ1) is 20.7. The van der Waals surface area contributed by atoms with Crippen LogP contribution in [-0.2, 0) is 17.2 Å². The average Bonchev–Trinajstić information content (AvgIpc) is 3.44. The summed E-state index contributed by atoms with van der Waals surface area (Å²) in [6.07, 6.45) is 6.18. The number of amides is 2. The summed E-state index contributed by atoms with van der Waals surface area (Å²) in [5.74, 6) is 0.735. The van der Waals surface area contributed by atoms with Gasteiger partial charge in [0.25, 0.3) is 0 Å². The number of fused-ring (bicyclic) bond motifs is 1. The Balaban J connectivity index is 1.19. The molecule has 2 saturated heterocycles. The smallest absolute Gasteiger partial charge is 0.323 e. The number of aromatic nitrogens is 2. The lowest BCUT2D eigenvalue weighted by Gasteiger charge is -2.37. The molecule has 2 aliphatic rings. The molecule has 8 nitrogen and oxygen atoms in total. The van der Waals surface area contributed by atoms with E-state index in [0.29, 0.717) is 0 Å². The van der Waals surface area contributed by atoms with Crippen LogP contribution in [0.1, 0.15) is 39.2 Å². The number of anilines is 3. The van der Waals surface area contributed by atoms with Crippen LogP contribution in [-0.4, -0.2) is 66.6 Å². The largest absolute Gasteiger partial charge is 0.379 e. The first kappa shape index (κ1) is 29.2. The van der Waals surface area contributed by atoms with Gasteiger partial charge in [0, 0.05) is 73.6 Å². The summed E-state index contributed by atoms with van der Waals surface area (Å²) in [5.41, 5.74) is 5.80. The van der Waals surface area contributed by atoms with E-state index in [1.807, 2.05) is 31.6 Å². The zero-order valence-corrected chi connectivity index (χ0v) is 25.9. The number of aryl methyl sites for hydroxylation is 1. The predicted molar refractivity (Wildman–Crippen MR) is 176 cm³/mol. The summed E-state index contributed by atoms with van der Waals surface area (Å²) in [5, 5.41) is 12.9. The van der Waals surface area contributed by atoms with Crippen molar-refractivity contribution in [1.29, 1.82) is 0 Å². The maximum absolute atomic E-state index is 13.5. The van der Waals surface area contributed by atoms with Crippen LogP contribution in [0.15, 0.2) is 67.0 Å². The van der Waals surface area contributed by atoms with E-state index >= 15 is 0 Å². The Morgan fingerprint density at radius 2 is 1.65 bits per heavy atom. The second-order valence-corrected chi connectivity index (χ2v) is 13.0. The monoisotopic (exact) mass is 580 g/mol. The second-order valence-electron chi connectivity index (χ2n) is 13.0. The lowest BCUT2D eigenvalue weighted by molar-refractivity contribution is 0.0289. The van der Waals surface area contributed by atoms with Crippen LogP contribution in [0, 0.1) is 5.92 Å². The molecule has 8 heteroatoms. The molecule has 2 N–H and O–H groups in total. The molecule has 226 valence electrons. The normalized spacial score (nSPS) is 16.9. The van der Waals surface area contributed by atoms with Crippen LogP contribution in [0.3, 0.4) is 0 Å². The fraction of sp³-hybridized carbons (Fsp3) is 0.429. The van der Waals surface area contributed by atoms with Crippen LogP contribution in [0.25, 0.3) is 21.9 Å². The molecule has 2 aliphatic heterocycles. The van der Waals surface area contributed by atoms with Gasteiger partial charge in [-0.05, 0) is 47.9 Å². The van der Waals surface area contributed by atoms with E-state index in [1.165, 1.54) is 25.1 Å². The zero-order chi connectivity index (χ0) is 30.0. The molecule has 6 rings (SSSR count). The molecule has 3 heterocycles. The highest BCUT2D eigenvalue weighted by Gasteiger charge is 2.24. The van der Waals surface area contributed by atoms with Crippen LogP contribution >= 0.6 is 0 Å². The molecule has 2 amide bonds. The van der Waals surface area contributed by atoms with Crippen molar-refractivity contribution < 1.29 is 9.53 Å². The summed E-state index contributed by atoms with van der Waals surface area (Å²) < 4.78 is 7.30. The van der Waals surface area contributed by atoms with Gasteiger partial charge in [0.05, 0.1) is 30.8 Å². The number of hydrogen-bond acceptors (Lipinski definition) is 5. The average molecular weight is 581 g/mol. The lowest BCUT2D eigenvalue weighted by atomic mass is 9.85. The summed E-state index contributed by atoms with van der Waals surface area (Å²) in [6.45, 7) is 13.6. The quantitative estimate of drug-likeness (QED) is 0.265. The number of carbonyl (C=O) groups excluding carboxylic acids is 1. The standard InChI is InChI=1S/C35H44N6O2/c1-35(2,3)27-9-10-28(26-22-36-39(4)24-26)32(21-27)38-34(42)37-31-11-12-33(30-8-6-5-7-29(30)31)41-15-13-25(14-16-41)23-40-17-19-43-20-18-40/h5-12,21-22,24-25H,13-20,23H2,1-4H3,(H2,37,38,42). The zero-order valence-electron chi connectivity index (χ0n) is 25.9. The third kappa shape index (κ3) is 6.71. The molecule has 0 spiro atoms. The Kier molecular flexibility index (Phi) is 8.41. The fourth-order valence-electron chi connectivity index (χ4n) is 6.38. The van der Waals surface area contributed by atoms with E-state index in [0.717, 1.165) is 84.1 Å². The molecule has 0 atom stereocenters. The van der Waals surface area contributed by atoms with E-state index in [9.17, 15) is 4.79 Å². The SMILES string of the molecule is Cn1cc(-c2ccc(C(C)(C)C)cc2NC(=O)Nc2ccc(N3CCC(CN4CCOCC4)CC3)c3ccccc23)cn1. The highest BCUT2D eigenvalue weighted by Crippen LogP contribution is 2.36. The first-order valence-electron chi connectivity index (χ1n) is 15.5. The van der Waals surface area contributed by atoms with Gasteiger partial charge in [-0.3, -0.25) is 9.58 Å². The molecular formula is C35H44N6O2. The van der Waals surface area contributed by atoms with Crippen molar-refractivity contribution in [2.45, 2.75) is 39.0 Å². The number of benzene rings is 3. The maximum Gasteiger partial charge on any atom is 0.323 e. The van der Waals surface area contributed by atoms with Crippen LogP contribution < -0.4 is 15.5 Å². The lowest BCUT2D eigenvalue weighted by Crippen LogP contribution is -2.43. The number of urea groups is 1. The molecule has 1 aromatic heterocycles. The van der Waals surface area contributed by atoms with Gasteiger partial charge in [0.1, 0.15) is 0 Å².